The monoisotopic (exact) mass is 385 g/mol. The highest BCUT2D eigenvalue weighted by molar-refractivity contribution is 7.99. The molecule has 0 spiro atoms. The van der Waals surface area contributed by atoms with Gasteiger partial charge in [-0.25, -0.2) is 8.42 Å². The van der Waals surface area contributed by atoms with Crippen molar-refractivity contribution in [3.63, 3.8) is 0 Å². The van der Waals surface area contributed by atoms with Gasteiger partial charge in [0.05, 0.1) is 17.2 Å². The van der Waals surface area contributed by atoms with Crippen LogP contribution in [-0.2, 0) is 10.0 Å². The maximum atomic E-state index is 12.7. The summed E-state index contributed by atoms with van der Waals surface area (Å²) in [7, 11) is -3.68. The Morgan fingerprint density at radius 1 is 0.885 bits per heavy atom. The van der Waals surface area contributed by atoms with Crippen LogP contribution in [0.1, 0.15) is 6.92 Å². The highest BCUT2D eigenvalue weighted by atomic mass is 32.2. The molecular weight excluding hydrogens is 366 g/mol. The molecule has 3 aromatic carbocycles. The van der Waals surface area contributed by atoms with E-state index in [0.717, 1.165) is 9.79 Å². The van der Waals surface area contributed by atoms with Crippen LogP contribution in [0.15, 0.2) is 93.5 Å². The highest BCUT2D eigenvalue weighted by Gasteiger charge is 2.16. The Hall–Kier alpha value is -2.44. The molecule has 0 atom stereocenters. The first-order chi connectivity index (χ1) is 12.6. The van der Waals surface area contributed by atoms with Crippen LogP contribution < -0.4 is 9.46 Å². The van der Waals surface area contributed by atoms with Crippen molar-refractivity contribution in [3.8, 4) is 5.75 Å². The van der Waals surface area contributed by atoms with Gasteiger partial charge in [-0.15, -0.1) is 0 Å². The van der Waals surface area contributed by atoms with Gasteiger partial charge in [-0.2, -0.15) is 0 Å². The van der Waals surface area contributed by atoms with Crippen LogP contribution in [0.4, 0.5) is 5.69 Å². The minimum absolute atomic E-state index is 0.195. The zero-order chi connectivity index (χ0) is 18.4. The maximum Gasteiger partial charge on any atom is 0.261 e. The van der Waals surface area contributed by atoms with Crippen LogP contribution in [0.3, 0.4) is 0 Å². The number of nitrogens with one attached hydrogen (secondary N) is 1. The van der Waals surface area contributed by atoms with Gasteiger partial charge in [0, 0.05) is 9.79 Å². The van der Waals surface area contributed by atoms with E-state index in [1.54, 1.807) is 30.3 Å². The molecule has 4 nitrogen and oxygen atoms in total. The predicted octanol–water partition coefficient (Wildman–Crippen LogP) is 5.04. The van der Waals surface area contributed by atoms with E-state index in [4.69, 9.17) is 4.74 Å². The Labute approximate surface area is 158 Å². The summed E-state index contributed by atoms with van der Waals surface area (Å²) in [6.45, 7) is 2.42. The largest absolute Gasteiger partial charge is 0.494 e. The summed E-state index contributed by atoms with van der Waals surface area (Å²) in [6, 6.07) is 23.6. The molecule has 1 N–H and O–H groups in total. The second kappa shape index (κ2) is 8.29. The zero-order valence-corrected chi connectivity index (χ0v) is 15.9. The normalized spacial score (nSPS) is 11.1. The molecule has 0 aliphatic heterocycles. The number of sulfonamides is 1. The molecule has 134 valence electrons. The maximum absolute atomic E-state index is 12.7. The van der Waals surface area contributed by atoms with E-state index in [1.165, 1.54) is 11.8 Å². The Balaban J connectivity index is 1.83. The molecule has 0 amide bonds. The van der Waals surface area contributed by atoms with E-state index in [2.05, 4.69) is 4.72 Å². The number of hydrogen-bond acceptors (Lipinski definition) is 4. The predicted molar refractivity (Wildman–Crippen MR) is 105 cm³/mol. The fourth-order valence-electron chi connectivity index (χ4n) is 2.34. The number of anilines is 1. The van der Waals surface area contributed by atoms with Crippen molar-refractivity contribution in [1.82, 2.24) is 0 Å². The molecule has 0 aliphatic rings. The van der Waals surface area contributed by atoms with Crippen LogP contribution in [-0.4, -0.2) is 15.0 Å². The van der Waals surface area contributed by atoms with Gasteiger partial charge in [0.15, 0.2) is 0 Å². The van der Waals surface area contributed by atoms with E-state index in [1.807, 2.05) is 55.5 Å². The Bertz CT molecular complexity index is 956. The van der Waals surface area contributed by atoms with Gasteiger partial charge >= 0.3 is 0 Å². The SMILES string of the molecule is CCOc1ccc(S(=O)(=O)Nc2ccccc2Sc2ccccc2)cc1. The molecule has 3 rings (SSSR count). The number of hydrogen-bond donors (Lipinski definition) is 1. The third-order valence-electron chi connectivity index (χ3n) is 3.55. The summed E-state index contributed by atoms with van der Waals surface area (Å²) in [4.78, 5) is 2.08. The summed E-state index contributed by atoms with van der Waals surface area (Å²) < 4.78 is 33.5. The molecule has 0 heterocycles. The minimum atomic E-state index is -3.68. The van der Waals surface area contributed by atoms with Crippen molar-refractivity contribution in [2.45, 2.75) is 21.6 Å². The Morgan fingerprint density at radius 3 is 2.23 bits per heavy atom. The summed E-state index contributed by atoms with van der Waals surface area (Å²) in [5, 5.41) is 0. The van der Waals surface area contributed by atoms with Gasteiger partial charge in [0.2, 0.25) is 0 Å². The first-order valence-electron chi connectivity index (χ1n) is 8.16. The molecule has 0 unspecified atom stereocenters. The van der Waals surface area contributed by atoms with Crippen molar-refractivity contribution >= 4 is 27.5 Å². The molecule has 6 heteroatoms. The minimum Gasteiger partial charge on any atom is -0.494 e. The van der Waals surface area contributed by atoms with Crippen LogP contribution in [0.25, 0.3) is 0 Å². The summed E-state index contributed by atoms with van der Waals surface area (Å²) in [5.74, 6) is 0.645. The van der Waals surface area contributed by atoms with Crippen LogP contribution in [0.5, 0.6) is 5.75 Å². The summed E-state index contributed by atoms with van der Waals surface area (Å²) in [6.07, 6.45) is 0. The molecule has 0 saturated heterocycles. The highest BCUT2D eigenvalue weighted by Crippen LogP contribution is 2.34. The van der Waals surface area contributed by atoms with Crippen molar-refractivity contribution < 1.29 is 13.2 Å². The molecule has 3 aromatic rings. The molecule has 0 aliphatic carbocycles. The van der Waals surface area contributed by atoms with Crippen LogP contribution in [0, 0.1) is 0 Å². The second-order valence-corrected chi connectivity index (χ2v) is 8.22. The van der Waals surface area contributed by atoms with Gasteiger partial charge in [0.1, 0.15) is 5.75 Å². The number of benzene rings is 3. The van der Waals surface area contributed by atoms with Gasteiger partial charge in [-0.3, -0.25) is 4.72 Å². The van der Waals surface area contributed by atoms with E-state index >= 15 is 0 Å². The average molecular weight is 386 g/mol. The fraction of sp³-hybridized carbons (Fsp3) is 0.100. The van der Waals surface area contributed by atoms with E-state index < -0.39 is 10.0 Å². The third-order valence-corrected chi connectivity index (χ3v) is 6.01. The lowest BCUT2D eigenvalue weighted by Gasteiger charge is -2.13. The average Bonchev–Trinajstić information content (AvgIpc) is 2.65. The van der Waals surface area contributed by atoms with Crippen molar-refractivity contribution in [2.75, 3.05) is 11.3 Å². The lowest BCUT2D eigenvalue weighted by Crippen LogP contribution is -2.13. The standard InChI is InChI=1S/C20H19NO3S2/c1-2-24-16-12-14-18(15-13-16)26(22,23)21-19-10-6-7-11-20(19)25-17-8-4-3-5-9-17/h3-15,21H,2H2,1H3. The third kappa shape index (κ3) is 4.59. The lowest BCUT2D eigenvalue weighted by atomic mass is 10.3. The molecule has 0 fully saturated rings. The smallest absolute Gasteiger partial charge is 0.261 e. The Morgan fingerprint density at radius 2 is 1.54 bits per heavy atom. The topological polar surface area (TPSA) is 55.4 Å². The molecule has 0 radical (unpaired) electrons. The van der Waals surface area contributed by atoms with E-state index in [-0.39, 0.29) is 4.90 Å². The first kappa shape index (κ1) is 18.4. The fourth-order valence-corrected chi connectivity index (χ4v) is 4.41. The van der Waals surface area contributed by atoms with Gasteiger partial charge in [0.25, 0.3) is 10.0 Å². The lowest BCUT2D eigenvalue weighted by molar-refractivity contribution is 0.340. The van der Waals surface area contributed by atoms with Gasteiger partial charge in [-0.05, 0) is 55.5 Å². The summed E-state index contributed by atoms with van der Waals surface area (Å²) in [5.41, 5.74) is 0.551. The van der Waals surface area contributed by atoms with Crippen molar-refractivity contribution in [2.24, 2.45) is 0 Å². The van der Waals surface area contributed by atoms with Crippen molar-refractivity contribution in [3.05, 3.63) is 78.9 Å². The number of ether oxygens (including phenoxy) is 1. The molecular formula is C20H19NO3S2. The first-order valence-corrected chi connectivity index (χ1v) is 10.5. The molecule has 0 saturated carbocycles. The number of rotatable bonds is 7. The second-order valence-electron chi connectivity index (χ2n) is 5.42. The Kier molecular flexibility index (Phi) is 5.85. The van der Waals surface area contributed by atoms with Gasteiger partial charge < -0.3 is 4.74 Å². The quantitative estimate of drug-likeness (QED) is 0.619. The van der Waals surface area contributed by atoms with Crippen LogP contribution >= 0.6 is 11.8 Å². The van der Waals surface area contributed by atoms with Crippen LogP contribution in [0.2, 0.25) is 0 Å². The number of para-hydroxylation sites is 1. The van der Waals surface area contributed by atoms with E-state index in [9.17, 15) is 8.42 Å². The molecule has 0 aromatic heterocycles. The zero-order valence-electron chi connectivity index (χ0n) is 14.3. The molecule has 26 heavy (non-hydrogen) atoms. The molecule has 0 bridgehead atoms. The van der Waals surface area contributed by atoms with Crippen molar-refractivity contribution in [1.29, 1.82) is 0 Å². The van der Waals surface area contributed by atoms with Gasteiger partial charge in [-0.1, -0.05) is 42.1 Å². The summed E-state index contributed by atoms with van der Waals surface area (Å²) >= 11 is 1.51. The van der Waals surface area contributed by atoms with E-state index in [0.29, 0.717) is 18.0 Å².